The van der Waals surface area contributed by atoms with E-state index >= 15 is 0 Å². The Kier molecular flexibility index (Phi) is 4.05. The summed E-state index contributed by atoms with van der Waals surface area (Å²) in [5, 5.41) is 10.2. The Morgan fingerprint density at radius 2 is 2.00 bits per heavy atom. The third-order valence-electron chi connectivity index (χ3n) is 3.38. The fourth-order valence-corrected chi connectivity index (χ4v) is 2.31. The van der Waals surface area contributed by atoms with Gasteiger partial charge in [0.1, 0.15) is 18.1 Å². The van der Waals surface area contributed by atoms with E-state index in [-0.39, 0.29) is 5.69 Å². The average Bonchev–Trinajstić information content (AvgIpc) is 3.03. The molecule has 0 saturated heterocycles. The Bertz CT molecular complexity index is 842. The number of aromatic nitrogens is 3. The van der Waals surface area contributed by atoms with Crippen molar-refractivity contribution in [1.82, 2.24) is 15.4 Å². The molecule has 0 aliphatic heterocycles. The van der Waals surface area contributed by atoms with Crippen molar-refractivity contribution in [2.45, 2.75) is 13.5 Å². The van der Waals surface area contributed by atoms with Crippen LogP contribution in [0.3, 0.4) is 0 Å². The zero-order valence-corrected chi connectivity index (χ0v) is 12.6. The predicted octanol–water partition coefficient (Wildman–Crippen LogP) is 2.46. The third-order valence-corrected chi connectivity index (χ3v) is 3.38. The number of nitrogens with two attached hydrogens (primary N) is 1. The van der Waals surface area contributed by atoms with Crippen molar-refractivity contribution in [1.29, 1.82) is 0 Å². The van der Waals surface area contributed by atoms with Gasteiger partial charge in [0.25, 0.3) is 5.91 Å². The summed E-state index contributed by atoms with van der Waals surface area (Å²) < 4.78 is 5.81. The van der Waals surface area contributed by atoms with Crippen LogP contribution < -0.4 is 10.5 Å². The molecule has 23 heavy (non-hydrogen) atoms. The molecule has 2 aromatic carbocycles. The van der Waals surface area contributed by atoms with Gasteiger partial charge in [-0.2, -0.15) is 15.4 Å². The number of carbonyl (C=O) groups excluding carboxylic acids is 1. The second kappa shape index (κ2) is 6.31. The zero-order valence-electron chi connectivity index (χ0n) is 12.6. The van der Waals surface area contributed by atoms with Crippen LogP contribution in [0.1, 0.15) is 21.6 Å². The quantitative estimate of drug-likeness (QED) is 0.757. The van der Waals surface area contributed by atoms with Crippen LogP contribution in [-0.4, -0.2) is 21.3 Å². The van der Waals surface area contributed by atoms with E-state index in [1.165, 1.54) is 5.56 Å². The minimum absolute atomic E-state index is 0.112. The summed E-state index contributed by atoms with van der Waals surface area (Å²) in [6.45, 7) is 2.51. The summed E-state index contributed by atoms with van der Waals surface area (Å²) in [7, 11) is 0. The molecule has 1 aromatic heterocycles. The van der Waals surface area contributed by atoms with E-state index in [0.29, 0.717) is 23.6 Å². The van der Waals surface area contributed by atoms with E-state index < -0.39 is 5.91 Å². The molecule has 1 heterocycles. The summed E-state index contributed by atoms with van der Waals surface area (Å²) in [4.78, 5) is 11.4. The first-order valence-corrected chi connectivity index (χ1v) is 7.13. The number of carbonyl (C=O) groups is 1. The molecule has 0 radical (unpaired) electrons. The van der Waals surface area contributed by atoms with Gasteiger partial charge in [-0.05, 0) is 24.6 Å². The minimum Gasteiger partial charge on any atom is -0.489 e. The van der Waals surface area contributed by atoms with Crippen LogP contribution in [-0.2, 0) is 6.61 Å². The van der Waals surface area contributed by atoms with E-state index in [4.69, 9.17) is 10.5 Å². The third kappa shape index (κ3) is 3.37. The van der Waals surface area contributed by atoms with Crippen molar-refractivity contribution in [3.05, 3.63) is 65.4 Å². The van der Waals surface area contributed by atoms with Crippen LogP contribution in [0.15, 0.2) is 48.5 Å². The molecular weight excluding hydrogens is 292 g/mol. The highest BCUT2D eigenvalue weighted by molar-refractivity contribution is 5.96. The second-order valence-electron chi connectivity index (χ2n) is 5.19. The normalized spacial score (nSPS) is 10.5. The molecule has 0 saturated carbocycles. The topological polar surface area (TPSA) is 93.9 Å². The van der Waals surface area contributed by atoms with Crippen molar-refractivity contribution in [3.8, 4) is 17.0 Å². The maximum Gasteiger partial charge on any atom is 0.271 e. The van der Waals surface area contributed by atoms with E-state index in [9.17, 15) is 4.79 Å². The number of amides is 1. The van der Waals surface area contributed by atoms with Crippen LogP contribution in [0.2, 0.25) is 0 Å². The molecule has 3 N–H and O–H groups in total. The molecule has 0 unspecified atom stereocenters. The Morgan fingerprint density at radius 3 is 2.78 bits per heavy atom. The lowest BCUT2D eigenvalue weighted by atomic mass is 10.1. The molecule has 0 fully saturated rings. The van der Waals surface area contributed by atoms with Crippen molar-refractivity contribution in [3.63, 3.8) is 0 Å². The number of nitrogens with zero attached hydrogens (tertiary/aromatic N) is 2. The lowest BCUT2D eigenvalue weighted by Gasteiger charge is -2.08. The monoisotopic (exact) mass is 308 g/mol. The Morgan fingerprint density at radius 1 is 1.17 bits per heavy atom. The highest BCUT2D eigenvalue weighted by atomic mass is 16.5. The van der Waals surface area contributed by atoms with Crippen LogP contribution in [0.5, 0.6) is 5.75 Å². The second-order valence-corrected chi connectivity index (χ2v) is 5.19. The highest BCUT2D eigenvalue weighted by Gasteiger charge is 2.15. The number of benzene rings is 2. The Hall–Kier alpha value is -3.15. The average molecular weight is 308 g/mol. The fraction of sp³-hybridized carbons (Fsp3) is 0.118. The summed E-state index contributed by atoms with van der Waals surface area (Å²) >= 11 is 0. The molecule has 6 nitrogen and oxygen atoms in total. The lowest BCUT2D eigenvalue weighted by molar-refractivity contribution is 0.0996. The van der Waals surface area contributed by atoms with Crippen LogP contribution >= 0.6 is 0 Å². The van der Waals surface area contributed by atoms with Gasteiger partial charge in [-0.3, -0.25) is 4.79 Å². The fourth-order valence-electron chi connectivity index (χ4n) is 2.31. The van der Waals surface area contributed by atoms with E-state index in [0.717, 1.165) is 5.56 Å². The summed E-state index contributed by atoms with van der Waals surface area (Å²) in [5.74, 6) is 0.0576. The van der Waals surface area contributed by atoms with Gasteiger partial charge in [-0.15, -0.1) is 0 Å². The van der Waals surface area contributed by atoms with Crippen molar-refractivity contribution >= 4 is 5.91 Å². The van der Waals surface area contributed by atoms with Crippen LogP contribution in [0, 0.1) is 6.92 Å². The molecule has 0 aliphatic rings. The summed E-state index contributed by atoms with van der Waals surface area (Å²) in [5.41, 5.74) is 8.82. The predicted molar refractivity (Wildman–Crippen MR) is 85.8 cm³/mol. The highest BCUT2D eigenvalue weighted by Crippen LogP contribution is 2.24. The van der Waals surface area contributed by atoms with E-state index in [2.05, 4.69) is 21.5 Å². The van der Waals surface area contributed by atoms with Crippen LogP contribution in [0.4, 0.5) is 0 Å². The first-order valence-electron chi connectivity index (χ1n) is 7.13. The van der Waals surface area contributed by atoms with E-state index in [1.54, 1.807) is 6.07 Å². The molecular formula is C17H16N4O2. The van der Waals surface area contributed by atoms with Gasteiger partial charge in [-0.1, -0.05) is 42.0 Å². The van der Waals surface area contributed by atoms with Gasteiger partial charge in [-0.25, -0.2) is 0 Å². The molecule has 0 aliphatic carbocycles. The first-order chi connectivity index (χ1) is 11.1. The number of H-pyrrole nitrogens is 1. The number of aromatic amines is 1. The number of ether oxygens (including phenoxy) is 1. The minimum atomic E-state index is -0.625. The van der Waals surface area contributed by atoms with Crippen molar-refractivity contribution < 1.29 is 9.53 Å². The summed E-state index contributed by atoms with van der Waals surface area (Å²) in [6.07, 6.45) is 0. The number of hydrogen-bond donors (Lipinski definition) is 2. The first kappa shape index (κ1) is 14.8. The zero-order chi connectivity index (χ0) is 16.2. The number of hydrogen-bond acceptors (Lipinski definition) is 4. The van der Waals surface area contributed by atoms with Gasteiger partial charge in [0.2, 0.25) is 0 Å². The molecule has 3 rings (SSSR count). The van der Waals surface area contributed by atoms with Crippen molar-refractivity contribution in [2.24, 2.45) is 5.73 Å². The van der Waals surface area contributed by atoms with Gasteiger partial charge >= 0.3 is 0 Å². The van der Waals surface area contributed by atoms with Gasteiger partial charge < -0.3 is 10.5 Å². The maximum atomic E-state index is 11.4. The SMILES string of the molecule is Cc1cccc(COc2cccc(-c3n[nH]nc3C(N)=O)c2)c1. The molecule has 0 bridgehead atoms. The van der Waals surface area contributed by atoms with Gasteiger partial charge in [0.05, 0.1) is 0 Å². The Balaban J connectivity index is 1.80. The Labute approximate surface area is 133 Å². The molecule has 116 valence electrons. The smallest absolute Gasteiger partial charge is 0.271 e. The number of nitrogens with one attached hydrogen (secondary N) is 1. The number of primary amides is 1. The van der Waals surface area contributed by atoms with E-state index in [1.807, 2.05) is 43.3 Å². The standard InChI is InChI=1S/C17H16N4O2/c1-11-4-2-5-12(8-11)10-23-14-7-3-6-13(9-14)15-16(17(18)22)20-21-19-15/h2-9H,10H2,1H3,(H2,18,22)(H,19,20,21). The molecule has 0 spiro atoms. The lowest BCUT2D eigenvalue weighted by Crippen LogP contribution is -2.12. The number of rotatable bonds is 5. The van der Waals surface area contributed by atoms with Gasteiger partial charge in [0.15, 0.2) is 5.69 Å². The number of aryl methyl sites for hydroxylation is 1. The molecule has 0 atom stereocenters. The molecule has 6 heteroatoms. The maximum absolute atomic E-state index is 11.4. The van der Waals surface area contributed by atoms with Crippen LogP contribution in [0.25, 0.3) is 11.3 Å². The van der Waals surface area contributed by atoms with Crippen molar-refractivity contribution in [2.75, 3.05) is 0 Å². The molecule has 1 amide bonds. The summed E-state index contributed by atoms with van der Waals surface area (Å²) in [6, 6.07) is 15.4. The largest absolute Gasteiger partial charge is 0.489 e. The van der Waals surface area contributed by atoms with Gasteiger partial charge in [0, 0.05) is 5.56 Å². The molecule has 3 aromatic rings.